The van der Waals surface area contributed by atoms with Crippen LogP contribution in [0.5, 0.6) is 0 Å². The van der Waals surface area contributed by atoms with Gasteiger partial charge >= 0.3 is 0 Å². The number of likely N-dealkylation sites (tertiary alicyclic amines) is 1. The first-order chi connectivity index (χ1) is 13.6. The molecule has 0 saturated carbocycles. The van der Waals surface area contributed by atoms with Crippen molar-refractivity contribution < 1.29 is 4.79 Å². The third-order valence-corrected chi connectivity index (χ3v) is 5.21. The number of nitrogens with one attached hydrogen (secondary N) is 2. The van der Waals surface area contributed by atoms with Crippen molar-refractivity contribution in [1.82, 2.24) is 15.5 Å². The third-order valence-electron chi connectivity index (χ3n) is 5.21. The highest BCUT2D eigenvalue weighted by Gasteiger charge is 2.23. The Kier molecular flexibility index (Phi) is 12.9. The summed E-state index contributed by atoms with van der Waals surface area (Å²) in [6.45, 7) is 9.61. The fraction of sp³-hybridized carbons (Fsp3) is 0.636. The molecule has 4 N–H and O–H groups in total. The Balaban J connectivity index is 0.00000420. The Labute approximate surface area is 193 Å². The fourth-order valence-electron chi connectivity index (χ4n) is 3.42. The number of benzene rings is 1. The summed E-state index contributed by atoms with van der Waals surface area (Å²) in [5.41, 5.74) is 7.95. The lowest BCUT2D eigenvalue weighted by Crippen LogP contribution is -2.43. The molecule has 1 atom stereocenters. The van der Waals surface area contributed by atoms with Crippen molar-refractivity contribution in [2.24, 2.45) is 16.6 Å². The van der Waals surface area contributed by atoms with Gasteiger partial charge in [-0.2, -0.15) is 0 Å². The number of carbonyl (C=O) groups excluding carboxylic acids is 1. The van der Waals surface area contributed by atoms with Gasteiger partial charge in [-0.05, 0) is 51.3 Å². The quantitative estimate of drug-likeness (QED) is 0.194. The van der Waals surface area contributed by atoms with E-state index in [2.05, 4.69) is 53.6 Å². The smallest absolute Gasteiger partial charge is 0.221 e. The van der Waals surface area contributed by atoms with Gasteiger partial charge in [-0.1, -0.05) is 43.2 Å². The molecular weight excluding hydrogens is 477 g/mol. The molecule has 1 aromatic carbocycles. The first-order valence-electron chi connectivity index (χ1n) is 10.7. The molecule has 1 heterocycles. The lowest BCUT2D eigenvalue weighted by Gasteiger charge is -2.31. The first-order valence-corrected chi connectivity index (χ1v) is 10.7. The lowest BCUT2D eigenvalue weighted by atomic mass is 9.97. The second kappa shape index (κ2) is 14.6. The molecule has 1 unspecified atom stereocenters. The summed E-state index contributed by atoms with van der Waals surface area (Å²) >= 11 is 0. The van der Waals surface area contributed by atoms with Crippen molar-refractivity contribution in [2.75, 3.05) is 32.7 Å². The Bertz CT molecular complexity index is 620. The predicted octanol–water partition coefficient (Wildman–Crippen LogP) is 3.04. The average molecular weight is 515 g/mol. The van der Waals surface area contributed by atoms with Crippen molar-refractivity contribution in [1.29, 1.82) is 0 Å². The number of carbonyl (C=O) groups is 1. The molecule has 164 valence electrons. The number of primary amides is 1. The molecule has 1 amide bonds. The number of piperidine rings is 1. The van der Waals surface area contributed by atoms with E-state index in [0.29, 0.717) is 6.54 Å². The number of halogens is 1. The van der Waals surface area contributed by atoms with Crippen LogP contribution in [-0.4, -0.2) is 49.5 Å². The van der Waals surface area contributed by atoms with Crippen LogP contribution in [-0.2, 0) is 11.3 Å². The molecule has 1 fully saturated rings. The van der Waals surface area contributed by atoms with Crippen LogP contribution in [0.25, 0.3) is 0 Å². The summed E-state index contributed by atoms with van der Waals surface area (Å²) in [5, 5.41) is 6.88. The van der Waals surface area contributed by atoms with Gasteiger partial charge in [0.25, 0.3) is 0 Å². The number of guanidine groups is 1. The number of aryl methyl sites for hydroxylation is 1. The van der Waals surface area contributed by atoms with E-state index in [0.717, 1.165) is 70.8 Å². The van der Waals surface area contributed by atoms with Gasteiger partial charge < -0.3 is 21.3 Å². The number of nitrogens with two attached hydrogens (primary N) is 1. The molecule has 0 aliphatic carbocycles. The maximum Gasteiger partial charge on any atom is 0.221 e. The molecule has 2 rings (SSSR count). The second-order valence-corrected chi connectivity index (χ2v) is 7.75. The molecule has 6 nitrogen and oxygen atoms in total. The third kappa shape index (κ3) is 10.3. The van der Waals surface area contributed by atoms with Crippen LogP contribution in [0.4, 0.5) is 0 Å². The Hall–Kier alpha value is -1.35. The summed E-state index contributed by atoms with van der Waals surface area (Å²) in [5.74, 6) is 0.736. The van der Waals surface area contributed by atoms with Crippen LogP contribution in [0.2, 0.25) is 0 Å². The molecule has 1 saturated heterocycles. The van der Waals surface area contributed by atoms with E-state index in [1.165, 1.54) is 11.1 Å². The average Bonchev–Trinajstić information content (AvgIpc) is 2.70. The summed E-state index contributed by atoms with van der Waals surface area (Å²) in [6, 6.07) is 8.52. The first kappa shape index (κ1) is 25.7. The minimum atomic E-state index is -0.159. The number of rotatable bonds is 10. The number of amides is 1. The van der Waals surface area contributed by atoms with Crippen LogP contribution in [0.1, 0.15) is 50.2 Å². The number of nitrogens with zero attached hydrogens (tertiary/aromatic N) is 2. The van der Waals surface area contributed by atoms with Gasteiger partial charge in [0.2, 0.25) is 5.91 Å². The van der Waals surface area contributed by atoms with E-state index in [-0.39, 0.29) is 35.8 Å². The van der Waals surface area contributed by atoms with Crippen molar-refractivity contribution >= 4 is 35.8 Å². The van der Waals surface area contributed by atoms with E-state index in [1.807, 2.05) is 0 Å². The number of hydrogen-bond donors (Lipinski definition) is 3. The van der Waals surface area contributed by atoms with Crippen molar-refractivity contribution in [3.63, 3.8) is 0 Å². The molecule has 0 radical (unpaired) electrons. The van der Waals surface area contributed by atoms with Gasteiger partial charge in [0.05, 0.1) is 12.5 Å². The summed E-state index contributed by atoms with van der Waals surface area (Å²) in [4.78, 5) is 18.5. The summed E-state index contributed by atoms with van der Waals surface area (Å²) in [6.07, 6.45) is 5.30. The van der Waals surface area contributed by atoms with E-state index in [1.54, 1.807) is 0 Å². The van der Waals surface area contributed by atoms with E-state index >= 15 is 0 Å². The van der Waals surface area contributed by atoms with Crippen LogP contribution < -0.4 is 16.4 Å². The maximum absolute atomic E-state index is 11.4. The summed E-state index contributed by atoms with van der Waals surface area (Å²) < 4.78 is 0. The zero-order valence-electron chi connectivity index (χ0n) is 18.0. The molecule has 7 heteroatoms. The highest BCUT2D eigenvalue weighted by molar-refractivity contribution is 14.0. The molecule has 1 aromatic rings. The Morgan fingerprint density at radius 2 is 1.90 bits per heavy atom. The largest absolute Gasteiger partial charge is 0.369 e. The fourth-order valence-corrected chi connectivity index (χ4v) is 3.42. The molecular formula is C22H38IN5O. The molecule has 1 aliphatic heterocycles. The summed E-state index contributed by atoms with van der Waals surface area (Å²) in [7, 11) is 0. The number of hydrogen-bond acceptors (Lipinski definition) is 3. The van der Waals surface area contributed by atoms with Gasteiger partial charge in [0.15, 0.2) is 5.96 Å². The SMILES string of the molecule is CCCCNC(=NCc1ccc(C)cc1)NCCCN1CCCC(C(N)=O)C1.I. The van der Waals surface area contributed by atoms with Gasteiger partial charge in [0.1, 0.15) is 0 Å². The Morgan fingerprint density at radius 3 is 2.55 bits per heavy atom. The van der Waals surface area contributed by atoms with Crippen LogP contribution in [0.3, 0.4) is 0 Å². The van der Waals surface area contributed by atoms with Gasteiger partial charge in [-0.25, -0.2) is 4.99 Å². The molecule has 0 aromatic heterocycles. The van der Waals surface area contributed by atoms with Crippen molar-refractivity contribution in [2.45, 2.75) is 52.5 Å². The van der Waals surface area contributed by atoms with Crippen molar-refractivity contribution in [3.05, 3.63) is 35.4 Å². The molecule has 0 spiro atoms. The molecule has 1 aliphatic rings. The normalized spacial score (nSPS) is 17.4. The Morgan fingerprint density at radius 1 is 1.21 bits per heavy atom. The van der Waals surface area contributed by atoms with Gasteiger partial charge in [-0.15, -0.1) is 24.0 Å². The highest BCUT2D eigenvalue weighted by atomic mass is 127. The zero-order valence-corrected chi connectivity index (χ0v) is 20.3. The second-order valence-electron chi connectivity index (χ2n) is 7.75. The van der Waals surface area contributed by atoms with Gasteiger partial charge in [-0.3, -0.25) is 4.79 Å². The monoisotopic (exact) mass is 515 g/mol. The highest BCUT2D eigenvalue weighted by Crippen LogP contribution is 2.15. The van der Waals surface area contributed by atoms with Crippen LogP contribution in [0, 0.1) is 12.8 Å². The topological polar surface area (TPSA) is 82.8 Å². The predicted molar refractivity (Wildman–Crippen MR) is 132 cm³/mol. The lowest BCUT2D eigenvalue weighted by molar-refractivity contribution is -0.123. The minimum Gasteiger partial charge on any atom is -0.369 e. The molecule has 29 heavy (non-hydrogen) atoms. The van der Waals surface area contributed by atoms with Crippen LogP contribution >= 0.6 is 24.0 Å². The number of unbranched alkanes of at least 4 members (excludes halogenated alkanes) is 1. The van der Waals surface area contributed by atoms with Gasteiger partial charge in [0, 0.05) is 19.6 Å². The maximum atomic E-state index is 11.4. The number of aliphatic imine (C=N–C) groups is 1. The minimum absolute atomic E-state index is 0. The van der Waals surface area contributed by atoms with E-state index in [9.17, 15) is 4.79 Å². The standard InChI is InChI=1S/C22H37N5O.HI/c1-3-4-12-24-22(26-16-19-10-8-18(2)9-11-19)25-13-6-15-27-14-5-7-20(17-27)21(23)28;/h8-11,20H,3-7,12-17H2,1-2H3,(H2,23,28)(H2,24,25,26);1H. The zero-order chi connectivity index (χ0) is 20.2. The van der Waals surface area contributed by atoms with E-state index in [4.69, 9.17) is 10.7 Å². The van der Waals surface area contributed by atoms with Crippen LogP contribution in [0.15, 0.2) is 29.3 Å². The van der Waals surface area contributed by atoms with Crippen molar-refractivity contribution in [3.8, 4) is 0 Å². The van der Waals surface area contributed by atoms with E-state index < -0.39 is 0 Å². The molecule has 0 bridgehead atoms.